The number of hydrogen-bond acceptors (Lipinski definition) is 5. The summed E-state index contributed by atoms with van der Waals surface area (Å²) in [4.78, 5) is 0. The summed E-state index contributed by atoms with van der Waals surface area (Å²) in [6.45, 7) is 1.20. The first kappa shape index (κ1) is 14.4. The van der Waals surface area contributed by atoms with Gasteiger partial charge in [0.15, 0.2) is 0 Å². The van der Waals surface area contributed by atoms with Crippen molar-refractivity contribution < 1.29 is 19.3 Å². The maximum Gasteiger partial charge on any atom is 0.109 e. The molecule has 106 valence electrons. The van der Waals surface area contributed by atoms with E-state index in [4.69, 9.17) is 19.9 Å². The fraction of sp³-hybridized carbons (Fsp3) is 0.571. The Kier molecular flexibility index (Phi) is 5.30. The molecule has 0 amide bonds. The SMILES string of the molecule is COC[C@H]1O[C@H](COCc2ccccc2)[C@@H](O)[C@H]1N. The zero-order valence-corrected chi connectivity index (χ0v) is 11.1. The molecule has 1 fully saturated rings. The average Bonchev–Trinajstić information content (AvgIpc) is 2.69. The normalized spacial score (nSPS) is 30.7. The molecule has 1 aromatic carbocycles. The van der Waals surface area contributed by atoms with E-state index in [-0.39, 0.29) is 12.2 Å². The van der Waals surface area contributed by atoms with E-state index < -0.39 is 12.1 Å². The largest absolute Gasteiger partial charge is 0.389 e. The molecule has 0 aromatic heterocycles. The van der Waals surface area contributed by atoms with E-state index in [9.17, 15) is 5.11 Å². The fourth-order valence-electron chi connectivity index (χ4n) is 2.18. The van der Waals surface area contributed by atoms with Crippen LogP contribution < -0.4 is 5.73 Å². The van der Waals surface area contributed by atoms with Crippen LogP contribution in [0.1, 0.15) is 5.56 Å². The lowest BCUT2D eigenvalue weighted by atomic mass is 10.1. The van der Waals surface area contributed by atoms with Crippen molar-refractivity contribution in [1.29, 1.82) is 0 Å². The van der Waals surface area contributed by atoms with E-state index in [1.165, 1.54) is 0 Å². The molecule has 1 saturated heterocycles. The van der Waals surface area contributed by atoms with Gasteiger partial charge in [-0.15, -0.1) is 0 Å². The Morgan fingerprint density at radius 2 is 1.95 bits per heavy atom. The summed E-state index contributed by atoms with van der Waals surface area (Å²) in [6, 6.07) is 9.44. The first-order chi connectivity index (χ1) is 9.22. The molecule has 3 N–H and O–H groups in total. The van der Waals surface area contributed by atoms with Crippen LogP contribution in [0.5, 0.6) is 0 Å². The van der Waals surface area contributed by atoms with Gasteiger partial charge in [-0.1, -0.05) is 30.3 Å². The molecule has 0 unspecified atom stereocenters. The van der Waals surface area contributed by atoms with Crippen LogP contribution in [0.4, 0.5) is 0 Å². The molecule has 0 saturated carbocycles. The summed E-state index contributed by atoms with van der Waals surface area (Å²) in [5.74, 6) is 0. The Hall–Kier alpha value is -0.980. The zero-order chi connectivity index (χ0) is 13.7. The maximum atomic E-state index is 9.97. The van der Waals surface area contributed by atoms with Crippen LogP contribution in [0.25, 0.3) is 0 Å². The number of hydrogen-bond donors (Lipinski definition) is 2. The number of rotatable bonds is 6. The smallest absolute Gasteiger partial charge is 0.109 e. The van der Waals surface area contributed by atoms with Crippen molar-refractivity contribution in [3.05, 3.63) is 35.9 Å². The van der Waals surface area contributed by atoms with Crippen LogP contribution in [-0.2, 0) is 20.8 Å². The van der Waals surface area contributed by atoms with Crippen molar-refractivity contribution >= 4 is 0 Å². The van der Waals surface area contributed by atoms with E-state index in [1.54, 1.807) is 7.11 Å². The van der Waals surface area contributed by atoms with Crippen molar-refractivity contribution in [3.63, 3.8) is 0 Å². The summed E-state index contributed by atoms with van der Waals surface area (Å²) >= 11 is 0. The summed E-state index contributed by atoms with van der Waals surface area (Å²) in [6.07, 6.45) is -1.37. The molecule has 0 aliphatic carbocycles. The van der Waals surface area contributed by atoms with Crippen molar-refractivity contribution in [3.8, 4) is 0 Å². The van der Waals surface area contributed by atoms with Gasteiger partial charge in [0.25, 0.3) is 0 Å². The number of nitrogens with two attached hydrogens (primary N) is 1. The predicted octanol–water partition coefficient (Wildman–Crippen LogP) is 0.305. The van der Waals surface area contributed by atoms with E-state index in [2.05, 4.69) is 0 Å². The van der Waals surface area contributed by atoms with Gasteiger partial charge in [-0.25, -0.2) is 0 Å². The van der Waals surface area contributed by atoms with Crippen LogP contribution in [0.3, 0.4) is 0 Å². The molecule has 2 rings (SSSR count). The second-order valence-corrected chi connectivity index (χ2v) is 4.74. The lowest BCUT2D eigenvalue weighted by Crippen LogP contribution is -2.42. The molecule has 0 spiro atoms. The number of aliphatic hydroxyl groups is 1. The van der Waals surface area contributed by atoms with Gasteiger partial charge in [0.1, 0.15) is 12.2 Å². The van der Waals surface area contributed by atoms with Crippen LogP contribution >= 0.6 is 0 Å². The Morgan fingerprint density at radius 3 is 2.63 bits per heavy atom. The van der Waals surface area contributed by atoms with Crippen molar-refractivity contribution in [1.82, 2.24) is 0 Å². The standard InChI is InChI=1S/C14H21NO4/c1-17-8-11-13(15)14(16)12(19-11)9-18-7-10-5-3-2-4-6-10/h2-6,11-14,16H,7-9,15H2,1H3/t11-,12-,13+,14-/m1/s1. The van der Waals surface area contributed by atoms with Crippen LogP contribution in [0.15, 0.2) is 30.3 Å². The average molecular weight is 267 g/mol. The minimum absolute atomic E-state index is 0.273. The highest BCUT2D eigenvalue weighted by molar-refractivity contribution is 5.13. The number of benzene rings is 1. The maximum absolute atomic E-state index is 9.97. The Balaban J connectivity index is 1.77. The van der Waals surface area contributed by atoms with Gasteiger partial charge in [0.2, 0.25) is 0 Å². The summed E-state index contributed by atoms with van der Waals surface area (Å²) in [7, 11) is 1.59. The van der Waals surface area contributed by atoms with Gasteiger partial charge < -0.3 is 25.1 Å². The minimum Gasteiger partial charge on any atom is -0.389 e. The van der Waals surface area contributed by atoms with Crippen LogP contribution in [0, 0.1) is 0 Å². The number of ether oxygens (including phenoxy) is 3. The highest BCUT2D eigenvalue weighted by Crippen LogP contribution is 2.20. The third kappa shape index (κ3) is 3.75. The molecule has 1 aliphatic heterocycles. The molecule has 0 bridgehead atoms. The van der Waals surface area contributed by atoms with Gasteiger partial charge in [0.05, 0.1) is 32.0 Å². The fourth-order valence-corrected chi connectivity index (χ4v) is 2.18. The molecule has 5 nitrogen and oxygen atoms in total. The lowest BCUT2D eigenvalue weighted by molar-refractivity contribution is -0.0618. The molecule has 1 heterocycles. The zero-order valence-electron chi connectivity index (χ0n) is 11.1. The monoisotopic (exact) mass is 267 g/mol. The van der Waals surface area contributed by atoms with Crippen LogP contribution in [0.2, 0.25) is 0 Å². The minimum atomic E-state index is -0.712. The third-order valence-electron chi connectivity index (χ3n) is 3.28. The van der Waals surface area contributed by atoms with Gasteiger partial charge in [-0.3, -0.25) is 0 Å². The highest BCUT2D eigenvalue weighted by atomic mass is 16.6. The van der Waals surface area contributed by atoms with Gasteiger partial charge >= 0.3 is 0 Å². The predicted molar refractivity (Wildman–Crippen MR) is 70.6 cm³/mol. The van der Waals surface area contributed by atoms with Crippen molar-refractivity contribution in [2.45, 2.75) is 31.0 Å². The highest BCUT2D eigenvalue weighted by Gasteiger charge is 2.41. The molecule has 4 atom stereocenters. The first-order valence-corrected chi connectivity index (χ1v) is 6.42. The molecular weight excluding hydrogens is 246 g/mol. The summed E-state index contributed by atoms with van der Waals surface area (Å²) in [5.41, 5.74) is 6.96. The quantitative estimate of drug-likeness (QED) is 0.776. The second kappa shape index (κ2) is 6.98. The van der Waals surface area contributed by atoms with E-state index in [0.717, 1.165) is 5.56 Å². The topological polar surface area (TPSA) is 73.9 Å². The lowest BCUT2D eigenvalue weighted by Gasteiger charge is -2.15. The van der Waals surface area contributed by atoms with Gasteiger partial charge in [0, 0.05) is 7.11 Å². The molecule has 5 heteroatoms. The van der Waals surface area contributed by atoms with Gasteiger partial charge in [-0.2, -0.15) is 0 Å². The Labute approximate surface area is 113 Å². The van der Waals surface area contributed by atoms with Crippen molar-refractivity contribution in [2.75, 3.05) is 20.3 Å². The molecular formula is C14H21NO4. The molecule has 19 heavy (non-hydrogen) atoms. The van der Waals surface area contributed by atoms with E-state index in [0.29, 0.717) is 19.8 Å². The second-order valence-electron chi connectivity index (χ2n) is 4.74. The summed E-state index contributed by atoms with van der Waals surface area (Å²) < 4.78 is 16.2. The summed E-state index contributed by atoms with van der Waals surface area (Å²) in [5, 5.41) is 9.97. The Morgan fingerprint density at radius 1 is 1.21 bits per heavy atom. The number of methoxy groups -OCH3 is 1. The third-order valence-corrected chi connectivity index (χ3v) is 3.28. The van der Waals surface area contributed by atoms with Crippen molar-refractivity contribution in [2.24, 2.45) is 5.73 Å². The molecule has 1 aromatic rings. The Bertz CT molecular complexity index is 373. The van der Waals surface area contributed by atoms with E-state index in [1.807, 2.05) is 30.3 Å². The molecule has 1 aliphatic rings. The van der Waals surface area contributed by atoms with E-state index >= 15 is 0 Å². The van der Waals surface area contributed by atoms with Gasteiger partial charge in [-0.05, 0) is 5.56 Å². The van der Waals surface area contributed by atoms with Crippen LogP contribution in [-0.4, -0.2) is 49.8 Å². The first-order valence-electron chi connectivity index (χ1n) is 6.42. The number of aliphatic hydroxyl groups excluding tert-OH is 1. The molecule has 0 radical (unpaired) electrons.